The molecule has 0 bridgehead atoms. The van der Waals surface area contributed by atoms with Crippen molar-refractivity contribution in [2.75, 3.05) is 13.1 Å². The van der Waals surface area contributed by atoms with Gasteiger partial charge in [-0.1, -0.05) is 110 Å². The zero-order valence-corrected chi connectivity index (χ0v) is 16.4. The van der Waals surface area contributed by atoms with E-state index in [9.17, 15) is 0 Å². The molecule has 23 heavy (non-hydrogen) atoms. The molecule has 2 heteroatoms. The lowest BCUT2D eigenvalue weighted by atomic mass is 10.0. The summed E-state index contributed by atoms with van der Waals surface area (Å²) in [5.74, 6) is 0. The molecule has 0 aromatic rings. The fraction of sp³-hybridized carbons (Fsp3) is 1.00. The van der Waals surface area contributed by atoms with E-state index in [1.807, 2.05) is 0 Å². The molecule has 0 aromatic heterocycles. The average molecular weight is 327 g/mol. The normalized spacial score (nSPS) is 11.2. The summed E-state index contributed by atoms with van der Waals surface area (Å²) in [6.45, 7) is 6.70. The van der Waals surface area contributed by atoms with Crippen molar-refractivity contribution in [2.45, 2.75) is 123 Å². The van der Waals surface area contributed by atoms with E-state index in [1.165, 1.54) is 109 Å². The Bertz CT molecular complexity index is 174. The summed E-state index contributed by atoms with van der Waals surface area (Å²) in [5, 5.41) is 0. The molecule has 0 fully saturated rings. The Balaban J connectivity index is 2.92. The third-order valence-electron chi connectivity index (χ3n) is 4.66. The van der Waals surface area contributed by atoms with Crippen LogP contribution in [-0.4, -0.2) is 13.1 Å². The zero-order valence-electron chi connectivity index (χ0n) is 16.4. The first-order valence-corrected chi connectivity index (χ1v) is 10.9. The first-order chi connectivity index (χ1) is 11.4. The first kappa shape index (κ1) is 22.9. The van der Waals surface area contributed by atoms with Crippen molar-refractivity contribution in [1.82, 2.24) is 10.9 Å². The van der Waals surface area contributed by atoms with Crippen LogP contribution in [0, 0.1) is 0 Å². The summed E-state index contributed by atoms with van der Waals surface area (Å²) in [5.41, 5.74) is 6.52. The fourth-order valence-corrected chi connectivity index (χ4v) is 3.06. The lowest BCUT2D eigenvalue weighted by Gasteiger charge is -2.05. The van der Waals surface area contributed by atoms with Gasteiger partial charge < -0.3 is 0 Å². The molecule has 0 saturated heterocycles. The maximum absolute atomic E-state index is 3.29. The minimum atomic E-state index is 1.08. The summed E-state index contributed by atoms with van der Waals surface area (Å²) in [6, 6.07) is 0. The number of hydrazine groups is 1. The van der Waals surface area contributed by atoms with Crippen LogP contribution in [0.15, 0.2) is 0 Å². The van der Waals surface area contributed by atoms with Crippen molar-refractivity contribution < 1.29 is 0 Å². The highest BCUT2D eigenvalue weighted by molar-refractivity contribution is 4.50. The summed E-state index contributed by atoms with van der Waals surface area (Å²) in [6.07, 6.45) is 24.3. The van der Waals surface area contributed by atoms with Crippen molar-refractivity contribution in [3.63, 3.8) is 0 Å². The molecule has 0 aliphatic carbocycles. The second kappa shape index (κ2) is 21.9. The molecule has 0 amide bonds. The molecule has 0 rings (SSSR count). The summed E-state index contributed by atoms with van der Waals surface area (Å²) in [4.78, 5) is 0. The minimum absolute atomic E-state index is 1.08. The van der Waals surface area contributed by atoms with E-state index in [-0.39, 0.29) is 0 Å². The largest absolute Gasteiger partial charge is 0.258 e. The van der Waals surface area contributed by atoms with Crippen LogP contribution in [0.5, 0.6) is 0 Å². The second-order valence-corrected chi connectivity index (χ2v) is 7.16. The molecular formula is C21H46N2. The Morgan fingerprint density at radius 3 is 1.09 bits per heavy atom. The molecule has 2 N–H and O–H groups in total. The van der Waals surface area contributed by atoms with Gasteiger partial charge in [0, 0.05) is 13.1 Å². The van der Waals surface area contributed by atoms with Gasteiger partial charge in [0.2, 0.25) is 0 Å². The number of rotatable bonds is 20. The van der Waals surface area contributed by atoms with Crippen molar-refractivity contribution in [2.24, 2.45) is 0 Å². The number of hydrogen-bond acceptors (Lipinski definition) is 2. The number of unbranched alkanes of at least 4 members (excludes halogenated alkanes) is 15. The van der Waals surface area contributed by atoms with Gasteiger partial charge in [0.05, 0.1) is 0 Å². The highest BCUT2D eigenvalue weighted by Crippen LogP contribution is 2.13. The molecule has 0 spiro atoms. The third-order valence-corrected chi connectivity index (χ3v) is 4.66. The summed E-state index contributed by atoms with van der Waals surface area (Å²) < 4.78 is 0. The topological polar surface area (TPSA) is 24.1 Å². The van der Waals surface area contributed by atoms with Gasteiger partial charge >= 0.3 is 0 Å². The Kier molecular flexibility index (Phi) is 21.8. The highest BCUT2D eigenvalue weighted by atomic mass is 15.3. The lowest BCUT2D eigenvalue weighted by Crippen LogP contribution is -2.32. The second-order valence-electron chi connectivity index (χ2n) is 7.16. The van der Waals surface area contributed by atoms with Gasteiger partial charge in [0.1, 0.15) is 0 Å². The first-order valence-electron chi connectivity index (χ1n) is 10.9. The van der Waals surface area contributed by atoms with Crippen LogP contribution in [0.4, 0.5) is 0 Å². The smallest absolute Gasteiger partial charge is 0.00997 e. The van der Waals surface area contributed by atoms with Gasteiger partial charge in [-0.15, -0.1) is 0 Å². The molecule has 0 atom stereocenters. The van der Waals surface area contributed by atoms with Crippen LogP contribution in [0.2, 0.25) is 0 Å². The van der Waals surface area contributed by atoms with Gasteiger partial charge in [-0.2, -0.15) is 0 Å². The Hall–Kier alpha value is -0.0800. The SMILES string of the molecule is CCCCCCCCCCCCCCCCCCNNCCC. The molecule has 0 unspecified atom stereocenters. The van der Waals surface area contributed by atoms with E-state index < -0.39 is 0 Å². The molecule has 0 aromatic carbocycles. The number of nitrogens with one attached hydrogen (secondary N) is 2. The molecule has 0 heterocycles. The zero-order chi connectivity index (χ0) is 16.8. The van der Waals surface area contributed by atoms with Crippen LogP contribution < -0.4 is 10.9 Å². The van der Waals surface area contributed by atoms with E-state index in [1.54, 1.807) is 0 Å². The fourth-order valence-electron chi connectivity index (χ4n) is 3.06. The van der Waals surface area contributed by atoms with Crippen LogP contribution in [0.3, 0.4) is 0 Å². The maximum atomic E-state index is 3.29. The molecule has 0 aliphatic heterocycles. The van der Waals surface area contributed by atoms with Crippen molar-refractivity contribution in [3.8, 4) is 0 Å². The lowest BCUT2D eigenvalue weighted by molar-refractivity contribution is 0.493. The highest BCUT2D eigenvalue weighted by Gasteiger charge is 1.94. The average Bonchev–Trinajstić information content (AvgIpc) is 2.57. The van der Waals surface area contributed by atoms with E-state index in [0.29, 0.717) is 0 Å². The van der Waals surface area contributed by atoms with E-state index in [0.717, 1.165) is 13.1 Å². The van der Waals surface area contributed by atoms with E-state index in [4.69, 9.17) is 0 Å². The van der Waals surface area contributed by atoms with E-state index in [2.05, 4.69) is 24.7 Å². The Morgan fingerprint density at radius 1 is 0.348 bits per heavy atom. The quantitative estimate of drug-likeness (QED) is 0.191. The van der Waals surface area contributed by atoms with Crippen molar-refractivity contribution >= 4 is 0 Å². The van der Waals surface area contributed by atoms with Crippen molar-refractivity contribution in [1.29, 1.82) is 0 Å². The standard InChI is InChI=1S/C21H46N2/c1-3-5-6-7-8-9-10-11-12-13-14-15-16-17-18-19-21-23-22-20-4-2/h22-23H,3-21H2,1-2H3. The predicted molar refractivity (Wildman–Crippen MR) is 106 cm³/mol. The summed E-state index contributed by atoms with van der Waals surface area (Å²) in [7, 11) is 0. The minimum Gasteiger partial charge on any atom is -0.258 e. The number of hydrogen-bond donors (Lipinski definition) is 2. The van der Waals surface area contributed by atoms with Gasteiger partial charge in [-0.3, -0.25) is 10.9 Å². The molecule has 0 saturated carbocycles. The van der Waals surface area contributed by atoms with Gasteiger partial charge in [-0.05, 0) is 12.8 Å². The van der Waals surface area contributed by atoms with Gasteiger partial charge in [-0.25, -0.2) is 0 Å². The summed E-state index contributed by atoms with van der Waals surface area (Å²) >= 11 is 0. The van der Waals surface area contributed by atoms with Gasteiger partial charge in [0.25, 0.3) is 0 Å². The Morgan fingerprint density at radius 2 is 0.696 bits per heavy atom. The van der Waals surface area contributed by atoms with Crippen molar-refractivity contribution in [3.05, 3.63) is 0 Å². The molecule has 2 nitrogen and oxygen atoms in total. The Labute approximate surface area is 147 Å². The third kappa shape index (κ3) is 21.9. The maximum Gasteiger partial charge on any atom is 0.00997 e. The molecule has 140 valence electrons. The van der Waals surface area contributed by atoms with E-state index >= 15 is 0 Å². The molecule has 0 aliphatic rings. The molecular weight excluding hydrogens is 280 g/mol. The van der Waals surface area contributed by atoms with Crippen LogP contribution >= 0.6 is 0 Å². The van der Waals surface area contributed by atoms with Crippen LogP contribution in [-0.2, 0) is 0 Å². The monoisotopic (exact) mass is 326 g/mol. The molecule has 0 radical (unpaired) electrons. The van der Waals surface area contributed by atoms with Crippen LogP contribution in [0.25, 0.3) is 0 Å². The van der Waals surface area contributed by atoms with Crippen LogP contribution in [0.1, 0.15) is 123 Å². The van der Waals surface area contributed by atoms with Gasteiger partial charge in [0.15, 0.2) is 0 Å². The predicted octanol–water partition coefficient (Wildman–Crippen LogP) is 6.75.